The standard InChI is InChI=1S/C14H20BrNO2/c1-14(6-3-7-18-10-14)16-9-11-8-12(15)4-5-13(11)17-2/h4-5,8,16H,3,6-7,9-10H2,1-2H3. The summed E-state index contributed by atoms with van der Waals surface area (Å²) in [7, 11) is 1.71. The summed E-state index contributed by atoms with van der Waals surface area (Å²) in [5.41, 5.74) is 1.24. The Labute approximate surface area is 117 Å². The minimum absolute atomic E-state index is 0.0750. The molecule has 1 N–H and O–H groups in total. The Morgan fingerprint density at radius 3 is 3.00 bits per heavy atom. The first-order chi connectivity index (χ1) is 8.63. The second kappa shape index (κ2) is 6.04. The summed E-state index contributed by atoms with van der Waals surface area (Å²) in [6.45, 7) is 4.68. The van der Waals surface area contributed by atoms with Crippen molar-refractivity contribution < 1.29 is 9.47 Å². The van der Waals surface area contributed by atoms with Crippen molar-refractivity contribution in [2.45, 2.75) is 31.8 Å². The maximum Gasteiger partial charge on any atom is 0.123 e. The van der Waals surface area contributed by atoms with Crippen LogP contribution in [0, 0.1) is 0 Å². The number of nitrogens with one attached hydrogen (secondary N) is 1. The molecule has 1 aliphatic heterocycles. The summed E-state index contributed by atoms with van der Waals surface area (Å²) >= 11 is 3.50. The van der Waals surface area contributed by atoms with Crippen molar-refractivity contribution in [1.82, 2.24) is 5.32 Å². The zero-order valence-electron chi connectivity index (χ0n) is 11.0. The van der Waals surface area contributed by atoms with Gasteiger partial charge in [0.15, 0.2) is 0 Å². The van der Waals surface area contributed by atoms with Gasteiger partial charge in [-0.05, 0) is 38.0 Å². The van der Waals surface area contributed by atoms with Gasteiger partial charge in [0.2, 0.25) is 0 Å². The molecule has 0 saturated carbocycles. The van der Waals surface area contributed by atoms with Crippen LogP contribution in [0.3, 0.4) is 0 Å². The van der Waals surface area contributed by atoms with Crippen LogP contribution in [-0.2, 0) is 11.3 Å². The lowest BCUT2D eigenvalue weighted by Crippen LogP contribution is -2.48. The molecule has 1 aromatic carbocycles. The molecule has 1 fully saturated rings. The molecule has 0 aliphatic carbocycles. The Morgan fingerprint density at radius 2 is 2.33 bits per heavy atom. The molecular weight excluding hydrogens is 294 g/mol. The maximum atomic E-state index is 5.55. The van der Waals surface area contributed by atoms with Gasteiger partial charge in [0.25, 0.3) is 0 Å². The molecule has 0 amide bonds. The Hall–Kier alpha value is -0.580. The summed E-state index contributed by atoms with van der Waals surface area (Å²) in [5, 5.41) is 3.59. The second-order valence-corrected chi connectivity index (χ2v) is 5.94. The van der Waals surface area contributed by atoms with Crippen LogP contribution >= 0.6 is 15.9 Å². The van der Waals surface area contributed by atoms with Crippen molar-refractivity contribution in [3.63, 3.8) is 0 Å². The number of hydrogen-bond acceptors (Lipinski definition) is 3. The van der Waals surface area contributed by atoms with E-state index in [1.54, 1.807) is 7.11 Å². The fourth-order valence-corrected chi connectivity index (χ4v) is 2.68. The molecule has 0 spiro atoms. The summed E-state index contributed by atoms with van der Waals surface area (Å²) in [6.07, 6.45) is 2.28. The van der Waals surface area contributed by atoms with Crippen LogP contribution in [0.2, 0.25) is 0 Å². The minimum atomic E-state index is 0.0750. The Bertz CT molecular complexity index is 403. The molecule has 3 nitrogen and oxygen atoms in total. The molecule has 18 heavy (non-hydrogen) atoms. The van der Waals surface area contributed by atoms with Crippen LogP contribution in [0.4, 0.5) is 0 Å². The summed E-state index contributed by atoms with van der Waals surface area (Å²) in [5.74, 6) is 0.922. The lowest BCUT2D eigenvalue weighted by molar-refractivity contribution is 0.0277. The van der Waals surface area contributed by atoms with Crippen LogP contribution in [0.15, 0.2) is 22.7 Å². The van der Waals surface area contributed by atoms with Crippen molar-refractivity contribution in [3.8, 4) is 5.75 Å². The first kappa shape index (κ1) is 13.8. The monoisotopic (exact) mass is 313 g/mol. The molecule has 1 atom stereocenters. The molecule has 2 rings (SSSR count). The van der Waals surface area contributed by atoms with E-state index >= 15 is 0 Å². The van der Waals surface area contributed by atoms with Gasteiger partial charge in [-0.25, -0.2) is 0 Å². The number of hydrogen-bond donors (Lipinski definition) is 1. The first-order valence-electron chi connectivity index (χ1n) is 6.28. The number of halogens is 1. The van der Waals surface area contributed by atoms with E-state index in [2.05, 4.69) is 34.2 Å². The van der Waals surface area contributed by atoms with Gasteiger partial charge in [0.05, 0.1) is 13.7 Å². The van der Waals surface area contributed by atoms with Gasteiger partial charge < -0.3 is 14.8 Å². The zero-order valence-corrected chi connectivity index (χ0v) is 12.5. The van der Waals surface area contributed by atoms with Crippen molar-refractivity contribution in [2.24, 2.45) is 0 Å². The maximum absolute atomic E-state index is 5.55. The van der Waals surface area contributed by atoms with Gasteiger partial charge in [-0.1, -0.05) is 15.9 Å². The largest absolute Gasteiger partial charge is 0.496 e. The third kappa shape index (κ3) is 3.46. The number of rotatable bonds is 4. The van der Waals surface area contributed by atoms with Gasteiger partial charge in [0.1, 0.15) is 5.75 Å². The normalized spacial score (nSPS) is 23.9. The fourth-order valence-electron chi connectivity index (χ4n) is 2.27. The summed E-state index contributed by atoms with van der Waals surface area (Å²) in [4.78, 5) is 0. The quantitative estimate of drug-likeness (QED) is 0.926. The molecule has 0 radical (unpaired) electrons. The first-order valence-corrected chi connectivity index (χ1v) is 7.07. The van der Waals surface area contributed by atoms with Gasteiger partial charge in [-0.2, -0.15) is 0 Å². The molecule has 0 bridgehead atoms. The van der Waals surface area contributed by atoms with E-state index in [1.807, 2.05) is 12.1 Å². The third-order valence-corrected chi connectivity index (χ3v) is 3.88. The van der Waals surface area contributed by atoms with Crippen LogP contribution < -0.4 is 10.1 Å². The highest BCUT2D eigenvalue weighted by Crippen LogP contribution is 2.25. The van der Waals surface area contributed by atoms with E-state index in [0.29, 0.717) is 0 Å². The number of benzene rings is 1. The van der Waals surface area contributed by atoms with E-state index in [9.17, 15) is 0 Å². The molecule has 1 heterocycles. The van der Waals surface area contributed by atoms with Gasteiger partial charge >= 0.3 is 0 Å². The second-order valence-electron chi connectivity index (χ2n) is 5.03. The van der Waals surface area contributed by atoms with Crippen LogP contribution in [0.5, 0.6) is 5.75 Å². The van der Waals surface area contributed by atoms with Crippen LogP contribution in [-0.4, -0.2) is 25.9 Å². The van der Waals surface area contributed by atoms with Crippen LogP contribution in [0.25, 0.3) is 0 Å². The Morgan fingerprint density at radius 1 is 1.50 bits per heavy atom. The molecule has 1 saturated heterocycles. The Balaban J connectivity index is 2.02. The van der Waals surface area contributed by atoms with Crippen molar-refractivity contribution in [3.05, 3.63) is 28.2 Å². The van der Waals surface area contributed by atoms with E-state index in [1.165, 1.54) is 5.56 Å². The third-order valence-electron chi connectivity index (χ3n) is 3.39. The molecule has 1 unspecified atom stereocenters. The Kier molecular flexibility index (Phi) is 4.65. The molecule has 1 aromatic rings. The lowest BCUT2D eigenvalue weighted by atomic mass is 9.94. The molecular formula is C14H20BrNO2. The van der Waals surface area contributed by atoms with E-state index in [4.69, 9.17) is 9.47 Å². The van der Waals surface area contributed by atoms with Gasteiger partial charge in [-0.3, -0.25) is 0 Å². The lowest BCUT2D eigenvalue weighted by Gasteiger charge is -2.34. The van der Waals surface area contributed by atoms with Gasteiger partial charge in [0, 0.05) is 28.7 Å². The highest BCUT2D eigenvalue weighted by atomic mass is 79.9. The number of ether oxygens (including phenoxy) is 2. The average molecular weight is 314 g/mol. The SMILES string of the molecule is COc1ccc(Br)cc1CNC1(C)CCCOC1. The minimum Gasteiger partial charge on any atom is -0.496 e. The molecule has 4 heteroatoms. The van der Waals surface area contributed by atoms with E-state index < -0.39 is 0 Å². The predicted molar refractivity (Wildman–Crippen MR) is 76.0 cm³/mol. The molecule has 1 aliphatic rings. The highest BCUT2D eigenvalue weighted by Gasteiger charge is 2.26. The molecule has 100 valence electrons. The van der Waals surface area contributed by atoms with E-state index in [0.717, 1.165) is 42.8 Å². The average Bonchev–Trinajstić information content (AvgIpc) is 2.38. The smallest absolute Gasteiger partial charge is 0.123 e. The van der Waals surface area contributed by atoms with Crippen molar-refractivity contribution in [1.29, 1.82) is 0 Å². The van der Waals surface area contributed by atoms with Crippen molar-refractivity contribution in [2.75, 3.05) is 20.3 Å². The van der Waals surface area contributed by atoms with Crippen LogP contribution in [0.1, 0.15) is 25.3 Å². The fraction of sp³-hybridized carbons (Fsp3) is 0.571. The highest BCUT2D eigenvalue weighted by molar-refractivity contribution is 9.10. The van der Waals surface area contributed by atoms with Gasteiger partial charge in [-0.15, -0.1) is 0 Å². The number of methoxy groups -OCH3 is 1. The summed E-state index contributed by atoms with van der Waals surface area (Å²) < 4.78 is 12.0. The molecule has 0 aromatic heterocycles. The topological polar surface area (TPSA) is 30.5 Å². The van der Waals surface area contributed by atoms with Crippen molar-refractivity contribution >= 4 is 15.9 Å². The zero-order chi connectivity index (χ0) is 13.0. The predicted octanol–water partition coefficient (Wildman–Crippen LogP) is 3.12. The summed E-state index contributed by atoms with van der Waals surface area (Å²) in [6, 6.07) is 6.08. The van der Waals surface area contributed by atoms with E-state index in [-0.39, 0.29) is 5.54 Å².